The third kappa shape index (κ3) is 5.96. The van der Waals surface area contributed by atoms with Crippen molar-refractivity contribution in [1.82, 2.24) is 4.90 Å². The molecule has 3 nitrogen and oxygen atoms in total. The van der Waals surface area contributed by atoms with Gasteiger partial charge in [0.1, 0.15) is 5.75 Å². The Balaban J connectivity index is 1.78. The van der Waals surface area contributed by atoms with Gasteiger partial charge in [-0.1, -0.05) is 51.8 Å². The van der Waals surface area contributed by atoms with Crippen molar-refractivity contribution in [3.8, 4) is 5.75 Å². The minimum Gasteiger partial charge on any atom is -0.497 e. The van der Waals surface area contributed by atoms with Crippen molar-refractivity contribution >= 4 is 50.5 Å². The summed E-state index contributed by atoms with van der Waals surface area (Å²) in [5.74, 6) is 0.838. The van der Waals surface area contributed by atoms with Crippen molar-refractivity contribution in [2.24, 2.45) is 0 Å². The average Bonchev–Trinajstić information content (AvgIpc) is 2.71. The first-order valence-corrected chi connectivity index (χ1v) is 10.3. The van der Waals surface area contributed by atoms with Gasteiger partial charge in [-0.2, -0.15) is 0 Å². The summed E-state index contributed by atoms with van der Waals surface area (Å²) in [6, 6.07) is 23.8. The topological polar surface area (TPSA) is 24.5 Å². The summed E-state index contributed by atoms with van der Waals surface area (Å²) in [7, 11) is 1.67. The van der Waals surface area contributed by atoms with Crippen LogP contribution in [0.5, 0.6) is 5.75 Å². The van der Waals surface area contributed by atoms with E-state index in [1.807, 2.05) is 48.5 Å². The van der Waals surface area contributed by atoms with E-state index in [4.69, 9.17) is 28.6 Å². The number of rotatable bonds is 6. The zero-order valence-corrected chi connectivity index (χ0v) is 18.5. The summed E-state index contributed by atoms with van der Waals surface area (Å²) in [5.41, 5.74) is 3.24. The second-order valence-electron chi connectivity index (χ2n) is 6.27. The number of ether oxygens (including phenoxy) is 1. The summed E-state index contributed by atoms with van der Waals surface area (Å²) < 4.78 is 6.31. The molecule has 0 saturated carbocycles. The van der Waals surface area contributed by atoms with E-state index < -0.39 is 0 Å². The Morgan fingerprint density at radius 1 is 0.929 bits per heavy atom. The van der Waals surface area contributed by atoms with Gasteiger partial charge in [0.05, 0.1) is 7.11 Å². The minimum absolute atomic E-state index is 0.654. The third-order valence-corrected chi connectivity index (χ3v) is 5.34. The Labute approximate surface area is 184 Å². The van der Waals surface area contributed by atoms with E-state index in [9.17, 15) is 0 Å². The van der Waals surface area contributed by atoms with Gasteiger partial charge in [-0.3, -0.25) is 0 Å². The largest absolute Gasteiger partial charge is 0.497 e. The zero-order valence-electron chi connectivity index (χ0n) is 15.4. The molecule has 0 aliphatic heterocycles. The molecule has 0 amide bonds. The molecule has 6 heteroatoms. The second-order valence-corrected chi connectivity index (χ2v) is 8.01. The maximum Gasteiger partial charge on any atom is 0.174 e. The number of hydrogen-bond donors (Lipinski definition) is 1. The van der Waals surface area contributed by atoms with Gasteiger partial charge >= 0.3 is 0 Å². The highest BCUT2D eigenvalue weighted by atomic mass is 79.9. The van der Waals surface area contributed by atoms with Gasteiger partial charge in [-0.05, 0) is 71.9 Å². The van der Waals surface area contributed by atoms with E-state index in [1.165, 1.54) is 5.56 Å². The van der Waals surface area contributed by atoms with Gasteiger partial charge in [-0.15, -0.1) is 0 Å². The molecule has 0 atom stereocenters. The van der Waals surface area contributed by atoms with Gasteiger partial charge in [0, 0.05) is 28.3 Å². The number of nitrogens with zero attached hydrogens (tertiary/aromatic N) is 1. The molecule has 0 bridgehead atoms. The SMILES string of the molecule is COc1ccc(CN(Cc2ccc(Br)cc2)C(=S)Nc2ccc(Cl)cc2)cc1. The van der Waals surface area contributed by atoms with Crippen molar-refractivity contribution in [3.63, 3.8) is 0 Å². The monoisotopic (exact) mass is 474 g/mol. The molecular weight excluding hydrogens is 456 g/mol. The highest BCUT2D eigenvalue weighted by molar-refractivity contribution is 9.10. The summed E-state index contributed by atoms with van der Waals surface area (Å²) in [6.45, 7) is 1.37. The molecule has 0 unspecified atom stereocenters. The second kappa shape index (κ2) is 9.92. The first-order chi connectivity index (χ1) is 13.5. The van der Waals surface area contributed by atoms with E-state index in [0.717, 1.165) is 21.5 Å². The van der Waals surface area contributed by atoms with E-state index in [0.29, 0.717) is 23.2 Å². The molecule has 0 fully saturated rings. The van der Waals surface area contributed by atoms with Crippen LogP contribution in [-0.4, -0.2) is 17.1 Å². The third-order valence-electron chi connectivity index (χ3n) is 4.20. The molecule has 1 N–H and O–H groups in total. The molecule has 144 valence electrons. The lowest BCUT2D eigenvalue weighted by Crippen LogP contribution is -2.33. The van der Waals surface area contributed by atoms with Gasteiger partial charge in [0.15, 0.2) is 5.11 Å². The van der Waals surface area contributed by atoms with Gasteiger partial charge < -0.3 is 15.0 Å². The molecule has 3 aromatic rings. The molecule has 0 saturated heterocycles. The number of nitrogens with one attached hydrogen (secondary N) is 1. The lowest BCUT2D eigenvalue weighted by molar-refractivity contribution is 0.407. The predicted molar refractivity (Wildman–Crippen MR) is 124 cm³/mol. The van der Waals surface area contributed by atoms with E-state index in [-0.39, 0.29) is 0 Å². The van der Waals surface area contributed by atoms with Crippen LogP contribution in [0.15, 0.2) is 77.3 Å². The van der Waals surface area contributed by atoms with Crippen LogP contribution in [0.4, 0.5) is 5.69 Å². The van der Waals surface area contributed by atoms with Crippen LogP contribution >= 0.6 is 39.7 Å². The van der Waals surface area contributed by atoms with Crippen LogP contribution in [0.1, 0.15) is 11.1 Å². The van der Waals surface area contributed by atoms with Crippen LogP contribution in [-0.2, 0) is 13.1 Å². The van der Waals surface area contributed by atoms with Crippen molar-refractivity contribution in [1.29, 1.82) is 0 Å². The normalized spacial score (nSPS) is 10.4. The number of anilines is 1. The standard InChI is InChI=1S/C22H20BrClN2OS/c1-27-21-12-4-17(5-13-21)15-26(14-16-2-6-18(23)7-3-16)22(28)25-20-10-8-19(24)9-11-20/h2-13H,14-15H2,1H3,(H,25,28). The smallest absolute Gasteiger partial charge is 0.174 e. The number of thiocarbonyl (C=S) groups is 1. The molecule has 0 radical (unpaired) electrons. The van der Waals surface area contributed by atoms with Crippen LogP contribution in [0, 0.1) is 0 Å². The fourth-order valence-corrected chi connectivity index (χ4v) is 3.33. The Morgan fingerprint density at radius 2 is 1.46 bits per heavy atom. The maximum atomic E-state index is 5.98. The lowest BCUT2D eigenvalue weighted by atomic mass is 10.1. The average molecular weight is 476 g/mol. The van der Waals surface area contributed by atoms with Crippen molar-refractivity contribution in [3.05, 3.63) is 93.4 Å². The molecule has 0 aliphatic rings. The number of methoxy groups -OCH3 is 1. The lowest BCUT2D eigenvalue weighted by Gasteiger charge is -2.26. The number of hydrogen-bond acceptors (Lipinski definition) is 2. The molecular formula is C22H20BrClN2OS. The Bertz CT molecular complexity index is 915. The first kappa shape index (κ1) is 20.6. The first-order valence-electron chi connectivity index (χ1n) is 8.72. The van der Waals surface area contributed by atoms with Crippen molar-refractivity contribution < 1.29 is 4.74 Å². The van der Waals surface area contributed by atoms with E-state index in [1.54, 1.807) is 7.11 Å². The fraction of sp³-hybridized carbons (Fsp3) is 0.136. The molecule has 0 spiro atoms. The molecule has 0 heterocycles. The van der Waals surface area contributed by atoms with Crippen LogP contribution in [0.25, 0.3) is 0 Å². The quantitative estimate of drug-likeness (QED) is 0.411. The highest BCUT2D eigenvalue weighted by Crippen LogP contribution is 2.19. The Hall–Kier alpha value is -2.08. The number of halogens is 2. The Morgan fingerprint density at radius 3 is 2.00 bits per heavy atom. The maximum absolute atomic E-state index is 5.98. The molecule has 0 aromatic heterocycles. The summed E-state index contributed by atoms with van der Waals surface area (Å²) >= 11 is 15.2. The molecule has 3 aromatic carbocycles. The number of benzene rings is 3. The van der Waals surface area contributed by atoms with Crippen LogP contribution in [0.2, 0.25) is 5.02 Å². The highest BCUT2D eigenvalue weighted by Gasteiger charge is 2.12. The zero-order chi connectivity index (χ0) is 19.9. The van der Waals surface area contributed by atoms with Crippen LogP contribution in [0.3, 0.4) is 0 Å². The van der Waals surface area contributed by atoms with E-state index in [2.05, 4.69) is 50.4 Å². The van der Waals surface area contributed by atoms with Crippen LogP contribution < -0.4 is 10.1 Å². The summed E-state index contributed by atoms with van der Waals surface area (Å²) in [6.07, 6.45) is 0. The fourth-order valence-electron chi connectivity index (χ4n) is 2.70. The Kier molecular flexibility index (Phi) is 7.31. The van der Waals surface area contributed by atoms with Gasteiger partial charge in [-0.25, -0.2) is 0 Å². The molecule has 3 rings (SSSR count). The summed E-state index contributed by atoms with van der Waals surface area (Å²) in [4.78, 5) is 2.13. The van der Waals surface area contributed by atoms with Gasteiger partial charge in [0.25, 0.3) is 0 Å². The van der Waals surface area contributed by atoms with Gasteiger partial charge in [0.2, 0.25) is 0 Å². The van der Waals surface area contributed by atoms with Crippen molar-refractivity contribution in [2.45, 2.75) is 13.1 Å². The minimum atomic E-state index is 0.654. The summed E-state index contributed by atoms with van der Waals surface area (Å²) in [5, 5.41) is 4.66. The molecule has 28 heavy (non-hydrogen) atoms. The molecule has 0 aliphatic carbocycles. The van der Waals surface area contributed by atoms with E-state index >= 15 is 0 Å². The van der Waals surface area contributed by atoms with Crippen molar-refractivity contribution in [2.75, 3.05) is 12.4 Å². The predicted octanol–water partition coefficient (Wildman–Crippen LogP) is 6.51.